The number of hydrogen-bond donors (Lipinski definition) is 6. The van der Waals surface area contributed by atoms with Crippen LogP contribution in [0.4, 0.5) is 0 Å². The second-order valence-electron chi connectivity index (χ2n) is 9.75. The van der Waals surface area contributed by atoms with Gasteiger partial charge >= 0.3 is 0 Å². The van der Waals surface area contributed by atoms with E-state index in [1.165, 1.54) is 0 Å². The fourth-order valence-electron chi connectivity index (χ4n) is 4.81. The summed E-state index contributed by atoms with van der Waals surface area (Å²) in [4.78, 5) is 31.4. The minimum Gasteiger partial charge on any atom is -0.508 e. The summed E-state index contributed by atoms with van der Waals surface area (Å²) in [6, 6.07) is 7.89. The smallest absolute Gasteiger partial charge is 0.255 e. The van der Waals surface area contributed by atoms with Crippen molar-refractivity contribution in [2.24, 2.45) is 10.8 Å². The number of phenolic OH excluding ortho intramolecular Hbond substituents is 1. The Kier molecular flexibility index (Phi) is 9.31. The molecular formula is C26H33Cl2N6O5+. The van der Waals surface area contributed by atoms with Crippen LogP contribution in [0.15, 0.2) is 35.3 Å². The number of hydrazine groups is 1. The fourth-order valence-corrected chi connectivity index (χ4v) is 5.57. The molecule has 0 radical (unpaired) electrons. The molecule has 0 spiro atoms. The summed E-state index contributed by atoms with van der Waals surface area (Å²) in [5.74, 6) is 5.25. The van der Waals surface area contributed by atoms with Gasteiger partial charge in [-0.05, 0) is 47.7 Å². The van der Waals surface area contributed by atoms with E-state index < -0.39 is 23.6 Å². The lowest BCUT2D eigenvalue weighted by Crippen LogP contribution is -2.49. The van der Waals surface area contributed by atoms with Gasteiger partial charge in [-0.2, -0.15) is 0 Å². The van der Waals surface area contributed by atoms with E-state index in [0.29, 0.717) is 50.7 Å². The van der Waals surface area contributed by atoms with Crippen LogP contribution in [0.1, 0.15) is 46.0 Å². The van der Waals surface area contributed by atoms with Crippen LogP contribution in [0.2, 0.25) is 10.0 Å². The normalized spacial score (nSPS) is 21.6. The molecule has 3 atom stereocenters. The van der Waals surface area contributed by atoms with Gasteiger partial charge in [0.25, 0.3) is 5.91 Å². The molecule has 2 aliphatic rings. The number of amides is 1. The van der Waals surface area contributed by atoms with Crippen LogP contribution in [0.25, 0.3) is 0 Å². The Morgan fingerprint density at radius 2 is 2.15 bits per heavy atom. The number of aliphatic hydroxyl groups excluding tert-OH is 1. The molecule has 2 aromatic carbocycles. The van der Waals surface area contributed by atoms with E-state index in [2.05, 4.69) is 26.0 Å². The molecular weight excluding hydrogens is 547 g/mol. The van der Waals surface area contributed by atoms with E-state index in [1.807, 2.05) is 0 Å². The molecule has 3 unspecified atom stereocenters. The van der Waals surface area contributed by atoms with Gasteiger partial charge in [-0.1, -0.05) is 35.3 Å². The Morgan fingerprint density at radius 3 is 2.85 bits per heavy atom. The van der Waals surface area contributed by atoms with Gasteiger partial charge in [0.15, 0.2) is 6.61 Å². The molecule has 1 heterocycles. The van der Waals surface area contributed by atoms with Crippen LogP contribution in [0.5, 0.6) is 5.75 Å². The molecule has 1 amide bonds. The highest BCUT2D eigenvalue weighted by Gasteiger charge is 2.56. The van der Waals surface area contributed by atoms with Gasteiger partial charge in [-0.3, -0.25) is 15.1 Å². The number of rotatable bonds is 10. The minimum absolute atomic E-state index is 0.0845. The Hall–Kier alpha value is -2.93. The molecule has 1 saturated carbocycles. The number of aliphatic imine (C=N–C) groups is 1. The number of nitrogens with two attached hydrogens (primary N) is 1. The number of phenols is 1. The summed E-state index contributed by atoms with van der Waals surface area (Å²) in [6.45, 7) is 2.17. The number of aldehydes is 1. The van der Waals surface area contributed by atoms with Crippen LogP contribution in [-0.2, 0) is 17.8 Å². The first kappa shape index (κ1) is 29.1. The Bertz CT molecular complexity index is 1260. The number of hydrogen-bond acceptors (Lipinski definition) is 7. The number of fused-ring (bicyclic) bond motifs is 1. The maximum Gasteiger partial charge on any atom is 0.255 e. The maximum atomic E-state index is 13.2. The number of benzene rings is 2. The predicted molar refractivity (Wildman–Crippen MR) is 149 cm³/mol. The van der Waals surface area contributed by atoms with Crippen molar-refractivity contribution in [3.63, 3.8) is 0 Å². The minimum atomic E-state index is -1.16. The van der Waals surface area contributed by atoms with Gasteiger partial charge in [0.1, 0.15) is 24.1 Å². The number of nitrogens with one attached hydrogen (secondary N) is 3. The van der Waals surface area contributed by atoms with Crippen LogP contribution in [0.3, 0.4) is 0 Å². The number of aromatic hydroxyl groups is 1. The quantitative estimate of drug-likeness (QED) is 0.0596. The van der Waals surface area contributed by atoms with Crippen LogP contribution >= 0.6 is 23.2 Å². The number of halogens is 2. The van der Waals surface area contributed by atoms with Crippen molar-refractivity contribution in [2.45, 2.75) is 43.5 Å². The third kappa shape index (κ3) is 6.63. The molecule has 9 N–H and O–H groups in total. The van der Waals surface area contributed by atoms with E-state index >= 15 is 0 Å². The van der Waals surface area contributed by atoms with Gasteiger partial charge in [-0.25, -0.2) is 10.8 Å². The Morgan fingerprint density at radius 1 is 1.36 bits per heavy atom. The lowest BCUT2D eigenvalue weighted by Gasteiger charge is -2.31. The van der Waals surface area contributed by atoms with E-state index in [0.717, 1.165) is 11.1 Å². The molecule has 0 bridgehead atoms. The zero-order chi connectivity index (χ0) is 28.2. The largest absolute Gasteiger partial charge is 0.508 e. The third-order valence-corrected chi connectivity index (χ3v) is 7.79. The SMILES string of the molecule is NNC(=NCC[OH2+])NC1CC1(C=O)NC(=O)c1c(Cl)cc2c(c1Cl)CCN(CCC(O)c1cccc(O)c1)C2. The zero-order valence-corrected chi connectivity index (χ0v) is 22.7. The first-order valence-electron chi connectivity index (χ1n) is 12.6. The number of aliphatic hydroxyl groups is 1. The van der Waals surface area contributed by atoms with Crippen LogP contribution in [-0.4, -0.2) is 76.2 Å². The number of carbonyl (C=O) groups excluding carboxylic acids is 2. The first-order valence-corrected chi connectivity index (χ1v) is 13.4. The third-order valence-electron chi connectivity index (χ3n) is 7.07. The molecule has 39 heavy (non-hydrogen) atoms. The molecule has 0 saturated heterocycles. The molecule has 0 aromatic heterocycles. The molecule has 11 nitrogen and oxygen atoms in total. The second-order valence-corrected chi connectivity index (χ2v) is 10.5. The molecule has 1 aliphatic carbocycles. The van der Waals surface area contributed by atoms with E-state index in [9.17, 15) is 19.8 Å². The molecule has 210 valence electrons. The number of nitrogens with zero attached hydrogens (tertiary/aromatic N) is 2. The maximum absolute atomic E-state index is 13.2. The molecule has 1 fully saturated rings. The Labute approximate surface area is 236 Å². The summed E-state index contributed by atoms with van der Waals surface area (Å²) < 4.78 is 0. The fraction of sp³-hybridized carbons (Fsp3) is 0.423. The van der Waals surface area contributed by atoms with Crippen molar-refractivity contribution in [2.75, 3.05) is 26.2 Å². The highest BCUT2D eigenvalue weighted by atomic mass is 35.5. The number of guanidine groups is 1. The summed E-state index contributed by atoms with van der Waals surface area (Å²) in [5, 5.41) is 33.6. The van der Waals surface area contributed by atoms with Crippen molar-refractivity contribution < 1.29 is 24.9 Å². The summed E-state index contributed by atoms with van der Waals surface area (Å²) in [6.07, 6.45) is 1.37. The van der Waals surface area contributed by atoms with Crippen molar-refractivity contribution in [3.8, 4) is 5.75 Å². The summed E-state index contributed by atoms with van der Waals surface area (Å²) in [7, 11) is 0. The predicted octanol–water partition coefficient (Wildman–Crippen LogP) is 0.754. The zero-order valence-electron chi connectivity index (χ0n) is 21.2. The highest BCUT2D eigenvalue weighted by molar-refractivity contribution is 6.40. The van der Waals surface area contributed by atoms with E-state index in [-0.39, 0.29) is 40.5 Å². The monoisotopic (exact) mass is 579 g/mol. The first-order chi connectivity index (χ1) is 18.7. The molecule has 1 aliphatic heterocycles. The van der Waals surface area contributed by atoms with Gasteiger partial charge in [0.05, 0.1) is 27.8 Å². The summed E-state index contributed by atoms with van der Waals surface area (Å²) in [5.41, 5.74) is 3.75. The second kappa shape index (κ2) is 12.5. The number of carbonyl (C=O) groups is 2. The highest BCUT2D eigenvalue weighted by Crippen LogP contribution is 2.38. The van der Waals surface area contributed by atoms with Crippen molar-refractivity contribution in [3.05, 3.63) is 62.6 Å². The van der Waals surface area contributed by atoms with Crippen LogP contribution in [0, 0.1) is 0 Å². The molecule has 4 rings (SSSR count). The van der Waals surface area contributed by atoms with Gasteiger partial charge in [-0.15, -0.1) is 0 Å². The van der Waals surface area contributed by atoms with Crippen molar-refractivity contribution in [1.29, 1.82) is 0 Å². The van der Waals surface area contributed by atoms with Gasteiger partial charge < -0.3 is 30.7 Å². The van der Waals surface area contributed by atoms with Gasteiger partial charge in [0.2, 0.25) is 5.96 Å². The topological polar surface area (TPSA) is 175 Å². The van der Waals surface area contributed by atoms with Crippen molar-refractivity contribution in [1.82, 2.24) is 21.0 Å². The summed E-state index contributed by atoms with van der Waals surface area (Å²) >= 11 is 13.2. The Balaban J connectivity index is 1.41. The van der Waals surface area contributed by atoms with Gasteiger partial charge in [0, 0.05) is 26.1 Å². The molecule has 2 aromatic rings. The molecule has 13 heteroatoms. The standard InChI is InChI=1S/C26H32Cl2N6O5/c27-19-11-16-13-34(8-5-20(38)15-2-1-3-17(37)10-15)7-4-18(16)23(28)22(19)24(39)32-26(14-36)12-21(26)31-25(33-29)30-6-9-35/h1-3,10-11,14,20-21,35,37-38H,4-9,12-13,29H2,(H,32,39)(H2,30,31,33)/p+1. The lowest BCUT2D eigenvalue weighted by atomic mass is 9.96. The van der Waals surface area contributed by atoms with E-state index in [1.54, 1.807) is 30.3 Å². The average molecular weight is 580 g/mol. The van der Waals surface area contributed by atoms with Crippen LogP contribution < -0.4 is 21.9 Å². The lowest BCUT2D eigenvalue weighted by molar-refractivity contribution is -0.110. The van der Waals surface area contributed by atoms with E-state index in [4.69, 9.17) is 34.2 Å². The van der Waals surface area contributed by atoms with Crippen molar-refractivity contribution >= 4 is 41.4 Å². The average Bonchev–Trinajstić information content (AvgIpc) is 3.60.